The van der Waals surface area contributed by atoms with Crippen LogP contribution in [0.4, 0.5) is 4.79 Å². The van der Waals surface area contributed by atoms with Crippen LogP contribution < -0.4 is 10.1 Å². The number of rotatable bonds is 6. The van der Waals surface area contributed by atoms with E-state index in [0.29, 0.717) is 32.8 Å². The Labute approximate surface area is 136 Å². The summed E-state index contributed by atoms with van der Waals surface area (Å²) in [5.74, 6) is 0.577. The van der Waals surface area contributed by atoms with Gasteiger partial charge in [0.15, 0.2) is 0 Å². The Bertz CT molecular complexity index is 507. The van der Waals surface area contributed by atoms with Crippen molar-refractivity contribution in [3.63, 3.8) is 0 Å². The van der Waals surface area contributed by atoms with Gasteiger partial charge in [-0.15, -0.1) is 0 Å². The fraction of sp³-hybridized carbons (Fsp3) is 0.529. The van der Waals surface area contributed by atoms with Gasteiger partial charge >= 0.3 is 6.09 Å². The Kier molecular flexibility index (Phi) is 6.72. The predicted octanol–water partition coefficient (Wildman–Crippen LogP) is 2.05. The summed E-state index contributed by atoms with van der Waals surface area (Å²) in [5.41, 5.74) is 0. The number of likely N-dealkylation sites (tertiary alicyclic amines) is 1. The molecule has 0 spiro atoms. The minimum atomic E-state index is -0.336. The summed E-state index contributed by atoms with van der Waals surface area (Å²) in [6.45, 7) is 4.07. The lowest BCUT2D eigenvalue weighted by Crippen LogP contribution is -2.46. The van der Waals surface area contributed by atoms with Crippen molar-refractivity contribution in [2.75, 3.05) is 32.8 Å². The average molecular weight is 320 g/mol. The molecule has 1 aliphatic heterocycles. The minimum absolute atomic E-state index is 0.0318. The molecular formula is C17H24N2O4. The van der Waals surface area contributed by atoms with Gasteiger partial charge in [-0.2, -0.15) is 0 Å². The number of ether oxygens (including phenoxy) is 2. The van der Waals surface area contributed by atoms with Crippen LogP contribution in [0.1, 0.15) is 19.8 Å². The number of para-hydroxylation sites is 1. The molecule has 1 heterocycles. The SMILES string of the molecule is CCOC(=O)N1CCCC(C(=O)NCCOc2ccccc2)C1. The van der Waals surface area contributed by atoms with Crippen LogP contribution in [0, 0.1) is 5.92 Å². The quantitative estimate of drug-likeness (QED) is 0.815. The fourth-order valence-electron chi connectivity index (χ4n) is 2.58. The van der Waals surface area contributed by atoms with Crippen LogP contribution in [-0.2, 0) is 9.53 Å². The number of nitrogens with zero attached hydrogens (tertiary/aromatic N) is 1. The van der Waals surface area contributed by atoms with Crippen LogP contribution in [0.15, 0.2) is 30.3 Å². The van der Waals surface area contributed by atoms with Gasteiger partial charge in [-0.05, 0) is 31.9 Å². The highest BCUT2D eigenvalue weighted by molar-refractivity contribution is 5.80. The number of nitrogens with one attached hydrogen (secondary N) is 1. The maximum atomic E-state index is 12.2. The number of hydrogen-bond acceptors (Lipinski definition) is 4. The van der Waals surface area contributed by atoms with Gasteiger partial charge in [0.05, 0.1) is 19.1 Å². The minimum Gasteiger partial charge on any atom is -0.492 e. The monoisotopic (exact) mass is 320 g/mol. The van der Waals surface area contributed by atoms with Crippen LogP contribution in [0.3, 0.4) is 0 Å². The van der Waals surface area contributed by atoms with E-state index in [-0.39, 0.29) is 17.9 Å². The molecule has 1 fully saturated rings. The average Bonchev–Trinajstić information content (AvgIpc) is 2.60. The molecule has 6 heteroatoms. The second kappa shape index (κ2) is 9.02. The van der Waals surface area contributed by atoms with Gasteiger partial charge in [0.25, 0.3) is 0 Å². The van der Waals surface area contributed by atoms with Crippen LogP contribution >= 0.6 is 0 Å². The standard InChI is InChI=1S/C17H24N2O4/c1-2-22-17(21)19-11-6-7-14(13-19)16(20)18-10-12-23-15-8-4-3-5-9-15/h3-5,8-9,14H,2,6-7,10-13H2,1H3,(H,18,20). The van der Waals surface area contributed by atoms with Gasteiger partial charge in [-0.25, -0.2) is 4.79 Å². The van der Waals surface area contributed by atoms with E-state index in [4.69, 9.17) is 9.47 Å². The molecule has 126 valence electrons. The molecule has 2 amide bonds. The summed E-state index contributed by atoms with van der Waals surface area (Å²) in [4.78, 5) is 25.5. The Balaban J connectivity index is 1.69. The molecule has 1 saturated heterocycles. The molecule has 23 heavy (non-hydrogen) atoms. The summed E-state index contributed by atoms with van der Waals surface area (Å²) in [5, 5.41) is 2.87. The van der Waals surface area contributed by atoms with Crippen LogP contribution in [0.2, 0.25) is 0 Å². The Morgan fingerprint density at radius 2 is 2.09 bits per heavy atom. The number of benzene rings is 1. The van der Waals surface area contributed by atoms with Crippen molar-refractivity contribution in [1.29, 1.82) is 0 Å². The van der Waals surface area contributed by atoms with Gasteiger partial charge in [-0.3, -0.25) is 4.79 Å². The third kappa shape index (κ3) is 5.47. The topological polar surface area (TPSA) is 67.9 Å². The molecule has 0 aliphatic carbocycles. The van der Waals surface area contributed by atoms with Crippen molar-refractivity contribution in [3.05, 3.63) is 30.3 Å². The van der Waals surface area contributed by atoms with Crippen molar-refractivity contribution in [1.82, 2.24) is 10.2 Å². The van der Waals surface area contributed by atoms with Crippen molar-refractivity contribution < 1.29 is 19.1 Å². The molecule has 0 bridgehead atoms. The molecule has 1 N–H and O–H groups in total. The van der Waals surface area contributed by atoms with Gasteiger partial charge in [-0.1, -0.05) is 18.2 Å². The Morgan fingerprint density at radius 1 is 1.30 bits per heavy atom. The van der Waals surface area contributed by atoms with Crippen molar-refractivity contribution in [2.45, 2.75) is 19.8 Å². The van der Waals surface area contributed by atoms with Gasteiger partial charge < -0.3 is 19.7 Å². The third-order valence-corrected chi connectivity index (χ3v) is 3.73. The van der Waals surface area contributed by atoms with E-state index in [9.17, 15) is 9.59 Å². The van der Waals surface area contributed by atoms with E-state index in [1.807, 2.05) is 30.3 Å². The first-order chi connectivity index (χ1) is 11.2. The summed E-state index contributed by atoms with van der Waals surface area (Å²) >= 11 is 0. The lowest BCUT2D eigenvalue weighted by molar-refractivity contribution is -0.126. The zero-order chi connectivity index (χ0) is 16.5. The second-order valence-corrected chi connectivity index (χ2v) is 5.44. The maximum absolute atomic E-state index is 12.2. The predicted molar refractivity (Wildman–Crippen MR) is 86.3 cm³/mol. The Hall–Kier alpha value is -2.24. The van der Waals surface area contributed by atoms with Crippen molar-refractivity contribution >= 4 is 12.0 Å². The maximum Gasteiger partial charge on any atom is 0.409 e. The van der Waals surface area contributed by atoms with Crippen LogP contribution in [0.5, 0.6) is 5.75 Å². The smallest absolute Gasteiger partial charge is 0.409 e. The van der Waals surface area contributed by atoms with Crippen molar-refractivity contribution in [3.8, 4) is 5.75 Å². The fourth-order valence-corrected chi connectivity index (χ4v) is 2.58. The first-order valence-electron chi connectivity index (χ1n) is 8.08. The van der Waals surface area contributed by atoms with Gasteiger partial charge in [0.1, 0.15) is 12.4 Å². The Morgan fingerprint density at radius 3 is 2.83 bits per heavy atom. The van der Waals surface area contributed by atoms with Crippen molar-refractivity contribution in [2.24, 2.45) is 5.92 Å². The molecule has 1 unspecified atom stereocenters. The van der Waals surface area contributed by atoms with Crippen LogP contribution in [0.25, 0.3) is 0 Å². The molecular weight excluding hydrogens is 296 g/mol. The number of hydrogen-bond donors (Lipinski definition) is 1. The number of carbonyl (C=O) groups is 2. The molecule has 1 aromatic rings. The summed E-state index contributed by atoms with van der Waals surface area (Å²) in [6.07, 6.45) is 1.27. The van der Waals surface area contributed by atoms with E-state index in [2.05, 4.69) is 5.32 Å². The summed E-state index contributed by atoms with van der Waals surface area (Å²) < 4.78 is 10.5. The lowest BCUT2D eigenvalue weighted by atomic mass is 9.97. The van der Waals surface area contributed by atoms with E-state index >= 15 is 0 Å². The zero-order valence-electron chi connectivity index (χ0n) is 13.5. The van der Waals surface area contributed by atoms with E-state index in [1.165, 1.54) is 0 Å². The highest BCUT2D eigenvalue weighted by Crippen LogP contribution is 2.17. The normalized spacial score (nSPS) is 17.4. The molecule has 0 radical (unpaired) electrons. The molecule has 1 aliphatic rings. The highest BCUT2D eigenvalue weighted by atomic mass is 16.6. The van der Waals surface area contributed by atoms with Crippen LogP contribution in [-0.4, -0.2) is 49.7 Å². The number of amides is 2. The second-order valence-electron chi connectivity index (χ2n) is 5.44. The molecule has 0 saturated carbocycles. The number of carbonyl (C=O) groups excluding carboxylic acids is 2. The molecule has 1 aromatic carbocycles. The zero-order valence-corrected chi connectivity index (χ0v) is 13.5. The van der Waals surface area contributed by atoms with Gasteiger partial charge in [0.2, 0.25) is 5.91 Å². The van der Waals surface area contributed by atoms with E-state index < -0.39 is 0 Å². The molecule has 6 nitrogen and oxygen atoms in total. The van der Waals surface area contributed by atoms with E-state index in [0.717, 1.165) is 18.6 Å². The highest BCUT2D eigenvalue weighted by Gasteiger charge is 2.28. The van der Waals surface area contributed by atoms with Gasteiger partial charge in [0, 0.05) is 13.1 Å². The first-order valence-corrected chi connectivity index (χ1v) is 8.08. The molecule has 2 rings (SSSR count). The largest absolute Gasteiger partial charge is 0.492 e. The third-order valence-electron chi connectivity index (χ3n) is 3.73. The summed E-state index contributed by atoms with van der Waals surface area (Å²) in [6, 6.07) is 9.48. The molecule has 1 atom stereocenters. The number of piperidine rings is 1. The van der Waals surface area contributed by atoms with E-state index in [1.54, 1.807) is 11.8 Å². The lowest BCUT2D eigenvalue weighted by Gasteiger charge is -2.31. The first kappa shape index (κ1) is 17.1. The summed E-state index contributed by atoms with van der Waals surface area (Å²) in [7, 11) is 0. The molecule has 0 aromatic heterocycles.